The number of imidazole rings is 1. The molecular weight excluding hydrogens is 232 g/mol. The Morgan fingerprint density at radius 2 is 2.22 bits per heavy atom. The van der Waals surface area contributed by atoms with Crippen molar-refractivity contribution in [2.24, 2.45) is 0 Å². The Morgan fingerprint density at radius 3 is 2.83 bits per heavy atom. The highest BCUT2D eigenvalue weighted by molar-refractivity contribution is 5.99. The number of H-pyrrole nitrogens is 1. The number of benzene rings is 1. The number of ether oxygens (including phenoxy) is 1. The van der Waals surface area contributed by atoms with E-state index in [9.17, 15) is 9.59 Å². The number of nitrogens with zero attached hydrogens (tertiary/aromatic N) is 1. The van der Waals surface area contributed by atoms with Crippen LogP contribution in [-0.2, 0) is 0 Å². The van der Waals surface area contributed by atoms with Gasteiger partial charge in [-0.25, -0.2) is 9.36 Å². The molecule has 0 aliphatic heterocycles. The summed E-state index contributed by atoms with van der Waals surface area (Å²) in [6.45, 7) is 7.55. The lowest BCUT2D eigenvalue weighted by atomic mass is 10.2. The average molecular weight is 246 g/mol. The zero-order valence-corrected chi connectivity index (χ0v) is 10.3. The van der Waals surface area contributed by atoms with Crippen molar-refractivity contribution in [1.29, 1.82) is 0 Å². The smallest absolute Gasteiger partial charge is 0.333 e. The monoisotopic (exact) mass is 246 g/mol. The highest BCUT2D eigenvalue weighted by Crippen LogP contribution is 2.18. The summed E-state index contributed by atoms with van der Waals surface area (Å²) < 4.78 is 6.41. The molecule has 0 amide bonds. The maximum absolute atomic E-state index is 11.9. The highest BCUT2D eigenvalue weighted by Gasteiger charge is 2.14. The third-order valence-corrected chi connectivity index (χ3v) is 2.53. The van der Waals surface area contributed by atoms with Crippen LogP contribution >= 0.6 is 0 Å². The third kappa shape index (κ3) is 1.95. The molecule has 2 aromatic rings. The molecule has 0 atom stereocenters. The lowest BCUT2D eigenvalue weighted by Gasteiger charge is -2.03. The molecule has 94 valence electrons. The molecule has 5 nitrogen and oxygen atoms in total. The quantitative estimate of drug-likeness (QED) is 0.842. The van der Waals surface area contributed by atoms with Gasteiger partial charge in [0.05, 0.1) is 17.6 Å². The van der Waals surface area contributed by atoms with Crippen LogP contribution in [0.5, 0.6) is 5.75 Å². The average Bonchev–Trinajstić information content (AvgIpc) is 2.63. The minimum absolute atomic E-state index is 0.312. The first kappa shape index (κ1) is 12.2. The van der Waals surface area contributed by atoms with Gasteiger partial charge in [0.1, 0.15) is 5.75 Å². The van der Waals surface area contributed by atoms with Gasteiger partial charge >= 0.3 is 5.69 Å². The second kappa shape index (κ2) is 4.52. The van der Waals surface area contributed by atoms with E-state index in [1.165, 1.54) is 0 Å². The first-order chi connectivity index (χ1) is 8.54. The van der Waals surface area contributed by atoms with Gasteiger partial charge < -0.3 is 9.72 Å². The summed E-state index contributed by atoms with van der Waals surface area (Å²) in [5, 5.41) is 0. The van der Waals surface area contributed by atoms with Gasteiger partial charge in [-0.05, 0) is 26.0 Å². The van der Waals surface area contributed by atoms with Crippen molar-refractivity contribution in [2.45, 2.75) is 13.8 Å². The molecule has 0 aliphatic rings. The Balaban J connectivity index is 2.63. The zero-order chi connectivity index (χ0) is 13.3. The second-order valence-electron chi connectivity index (χ2n) is 3.96. The molecule has 0 spiro atoms. The fraction of sp³-hybridized carbons (Fsp3) is 0.231. The summed E-state index contributed by atoms with van der Waals surface area (Å²) >= 11 is 0. The number of rotatable bonds is 3. The number of allylic oxidation sites excluding steroid dienone is 1. The summed E-state index contributed by atoms with van der Waals surface area (Å²) in [5.74, 6) is 0.247. The van der Waals surface area contributed by atoms with Gasteiger partial charge in [-0.1, -0.05) is 6.58 Å². The molecule has 0 bridgehead atoms. The molecule has 2 rings (SSSR count). The Hall–Kier alpha value is -2.30. The van der Waals surface area contributed by atoms with Crippen molar-refractivity contribution in [3.8, 4) is 5.75 Å². The molecule has 1 aromatic heterocycles. The Kier molecular flexibility index (Phi) is 3.06. The standard InChI is InChI=1S/C13H14N2O3/c1-4-18-9-5-6-11-10(7-9)14-13(17)15(11)12(16)8(2)3/h5-7H,2,4H2,1,3H3,(H,14,17). The van der Waals surface area contributed by atoms with Gasteiger partial charge in [-0.2, -0.15) is 0 Å². The molecule has 1 aromatic carbocycles. The molecule has 0 aliphatic carbocycles. The van der Waals surface area contributed by atoms with Crippen LogP contribution < -0.4 is 10.4 Å². The summed E-state index contributed by atoms with van der Waals surface area (Å²) in [5.41, 5.74) is 0.940. The first-order valence-corrected chi connectivity index (χ1v) is 5.62. The number of nitrogens with one attached hydrogen (secondary N) is 1. The number of aromatic amines is 1. The molecule has 0 fully saturated rings. The van der Waals surface area contributed by atoms with Crippen molar-refractivity contribution in [1.82, 2.24) is 9.55 Å². The highest BCUT2D eigenvalue weighted by atomic mass is 16.5. The van der Waals surface area contributed by atoms with Crippen LogP contribution in [0.2, 0.25) is 0 Å². The van der Waals surface area contributed by atoms with Crippen LogP contribution in [0.3, 0.4) is 0 Å². The van der Waals surface area contributed by atoms with Gasteiger partial charge in [0, 0.05) is 11.6 Å². The summed E-state index contributed by atoms with van der Waals surface area (Å²) in [6.07, 6.45) is 0. The van der Waals surface area contributed by atoms with Crippen molar-refractivity contribution in [3.63, 3.8) is 0 Å². The van der Waals surface area contributed by atoms with E-state index in [0.717, 1.165) is 4.57 Å². The van der Waals surface area contributed by atoms with Crippen LogP contribution in [0.25, 0.3) is 11.0 Å². The minimum Gasteiger partial charge on any atom is -0.494 e. The fourth-order valence-electron chi connectivity index (χ4n) is 1.74. The molecule has 1 heterocycles. The number of fused-ring (bicyclic) bond motifs is 1. The normalized spacial score (nSPS) is 10.6. The second-order valence-corrected chi connectivity index (χ2v) is 3.96. The van der Waals surface area contributed by atoms with Crippen molar-refractivity contribution >= 4 is 16.9 Å². The van der Waals surface area contributed by atoms with Gasteiger partial charge in [0.2, 0.25) is 0 Å². The molecule has 1 N–H and O–H groups in total. The molecule has 5 heteroatoms. The molecular formula is C13H14N2O3. The van der Waals surface area contributed by atoms with E-state index < -0.39 is 11.6 Å². The van der Waals surface area contributed by atoms with E-state index in [1.807, 2.05) is 6.92 Å². The minimum atomic E-state index is -0.466. The van der Waals surface area contributed by atoms with Crippen LogP contribution in [0.15, 0.2) is 35.1 Å². The summed E-state index contributed by atoms with van der Waals surface area (Å²) in [7, 11) is 0. The van der Waals surface area contributed by atoms with Crippen molar-refractivity contribution in [3.05, 3.63) is 40.8 Å². The lowest BCUT2D eigenvalue weighted by molar-refractivity contribution is 0.0956. The number of aromatic nitrogens is 2. The number of hydrogen-bond acceptors (Lipinski definition) is 3. The fourth-order valence-corrected chi connectivity index (χ4v) is 1.74. The van der Waals surface area contributed by atoms with E-state index in [4.69, 9.17) is 4.74 Å². The van der Waals surface area contributed by atoms with E-state index in [0.29, 0.717) is 29.0 Å². The molecule has 0 saturated carbocycles. The molecule has 0 radical (unpaired) electrons. The largest absolute Gasteiger partial charge is 0.494 e. The maximum atomic E-state index is 11.9. The van der Waals surface area contributed by atoms with Crippen LogP contribution in [0.4, 0.5) is 0 Å². The van der Waals surface area contributed by atoms with Crippen LogP contribution in [-0.4, -0.2) is 22.1 Å². The van der Waals surface area contributed by atoms with E-state index in [1.54, 1.807) is 25.1 Å². The third-order valence-electron chi connectivity index (χ3n) is 2.53. The Labute approximate surface area is 104 Å². The number of carbonyl (C=O) groups excluding carboxylic acids is 1. The van der Waals surface area contributed by atoms with E-state index in [2.05, 4.69) is 11.6 Å². The summed E-state index contributed by atoms with van der Waals surface area (Å²) in [6, 6.07) is 5.10. The predicted octanol–water partition coefficient (Wildman–Crippen LogP) is 1.94. The van der Waals surface area contributed by atoms with E-state index >= 15 is 0 Å². The van der Waals surface area contributed by atoms with Gasteiger partial charge in [-0.15, -0.1) is 0 Å². The van der Waals surface area contributed by atoms with Crippen molar-refractivity contribution in [2.75, 3.05) is 6.61 Å². The maximum Gasteiger partial charge on any atom is 0.333 e. The SMILES string of the molecule is C=C(C)C(=O)n1c(=O)[nH]c2cc(OCC)ccc21. The number of hydrogen-bond donors (Lipinski definition) is 1. The molecule has 0 saturated heterocycles. The zero-order valence-electron chi connectivity index (χ0n) is 10.3. The first-order valence-electron chi connectivity index (χ1n) is 5.62. The lowest BCUT2D eigenvalue weighted by Crippen LogP contribution is -2.24. The van der Waals surface area contributed by atoms with E-state index in [-0.39, 0.29) is 0 Å². The van der Waals surface area contributed by atoms with Crippen molar-refractivity contribution < 1.29 is 9.53 Å². The predicted molar refractivity (Wildman–Crippen MR) is 69.2 cm³/mol. The van der Waals surface area contributed by atoms with Crippen LogP contribution in [0.1, 0.15) is 18.6 Å². The summed E-state index contributed by atoms with van der Waals surface area (Å²) in [4.78, 5) is 26.2. The van der Waals surface area contributed by atoms with Gasteiger partial charge in [-0.3, -0.25) is 4.79 Å². The van der Waals surface area contributed by atoms with Crippen LogP contribution in [0, 0.1) is 0 Å². The Morgan fingerprint density at radius 1 is 1.50 bits per heavy atom. The molecule has 18 heavy (non-hydrogen) atoms. The molecule has 0 unspecified atom stereocenters. The van der Waals surface area contributed by atoms with Gasteiger partial charge in [0.25, 0.3) is 5.91 Å². The van der Waals surface area contributed by atoms with Gasteiger partial charge in [0.15, 0.2) is 0 Å². The Bertz CT molecular complexity index is 679. The number of carbonyl (C=O) groups is 1. The topological polar surface area (TPSA) is 64.1 Å².